The quantitative estimate of drug-likeness (QED) is 0.204. The van der Waals surface area contributed by atoms with Crippen LogP contribution in [0.1, 0.15) is 17.5 Å². The standard InChI is InChI=1S/C21H22ClF2N5OS2/c1-28(32-30-27-20-12-31-13-26-20)21-18(23)8-15(9-19(21)24)25-10-16-14(4-2-5-17(16)22)11-29-6-3-7-29/h2,4-5,8-9,12-13,25,27H,3,6-7,10-11H2,1H3. The van der Waals surface area contributed by atoms with E-state index in [4.69, 9.17) is 15.9 Å². The molecule has 0 amide bonds. The minimum Gasteiger partial charge on any atom is -0.381 e. The van der Waals surface area contributed by atoms with Crippen LogP contribution < -0.4 is 15.1 Å². The lowest BCUT2D eigenvalue weighted by Gasteiger charge is -2.31. The number of benzene rings is 2. The number of likely N-dealkylation sites (tertiary alicyclic amines) is 1. The summed E-state index contributed by atoms with van der Waals surface area (Å²) in [5.41, 5.74) is 6.40. The number of nitrogens with zero attached hydrogens (tertiary/aromatic N) is 3. The van der Waals surface area contributed by atoms with E-state index in [-0.39, 0.29) is 5.69 Å². The average molecular weight is 498 g/mol. The number of anilines is 3. The van der Waals surface area contributed by atoms with Gasteiger partial charge in [-0.3, -0.25) is 9.21 Å². The molecule has 0 aliphatic carbocycles. The third-order valence-electron chi connectivity index (χ3n) is 5.09. The number of aromatic nitrogens is 1. The van der Waals surface area contributed by atoms with Gasteiger partial charge in [-0.25, -0.2) is 19.2 Å². The van der Waals surface area contributed by atoms with E-state index in [1.54, 1.807) is 10.9 Å². The van der Waals surface area contributed by atoms with Crippen LogP contribution in [0.3, 0.4) is 0 Å². The molecule has 2 N–H and O–H groups in total. The van der Waals surface area contributed by atoms with Gasteiger partial charge < -0.3 is 5.32 Å². The fourth-order valence-electron chi connectivity index (χ4n) is 3.31. The highest BCUT2D eigenvalue weighted by molar-refractivity contribution is 7.96. The van der Waals surface area contributed by atoms with E-state index in [1.165, 1.54) is 41.2 Å². The van der Waals surface area contributed by atoms with Crippen molar-refractivity contribution in [3.63, 3.8) is 0 Å². The van der Waals surface area contributed by atoms with Gasteiger partial charge in [0.25, 0.3) is 0 Å². The van der Waals surface area contributed by atoms with Crippen molar-refractivity contribution >= 4 is 52.4 Å². The molecule has 2 aromatic carbocycles. The Hall–Kier alpha value is -2.11. The number of halogens is 3. The first-order valence-corrected chi connectivity index (χ1v) is 12.0. The third-order valence-corrected chi connectivity index (χ3v) is 6.59. The molecule has 0 bridgehead atoms. The van der Waals surface area contributed by atoms with Crippen molar-refractivity contribution < 1.29 is 13.1 Å². The van der Waals surface area contributed by atoms with E-state index < -0.39 is 11.6 Å². The largest absolute Gasteiger partial charge is 0.381 e. The Kier molecular flexibility index (Phi) is 7.69. The summed E-state index contributed by atoms with van der Waals surface area (Å²) < 4.78 is 35.9. The summed E-state index contributed by atoms with van der Waals surface area (Å²) in [6.07, 6.45) is 1.21. The fraction of sp³-hybridized carbons (Fsp3) is 0.286. The predicted molar refractivity (Wildman–Crippen MR) is 128 cm³/mol. The molecule has 2 heterocycles. The fourth-order valence-corrected chi connectivity index (χ4v) is 4.52. The van der Waals surface area contributed by atoms with Crippen LogP contribution in [0.2, 0.25) is 5.02 Å². The number of nitrogens with one attached hydrogen (secondary N) is 2. The van der Waals surface area contributed by atoms with Crippen molar-refractivity contribution in [1.82, 2.24) is 9.88 Å². The number of hydrogen-bond donors (Lipinski definition) is 2. The molecule has 170 valence electrons. The molecule has 1 aliphatic heterocycles. The highest BCUT2D eigenvalue weighted by Crippen LogP contribution is 2.31. The van der Waals surface area contributed by atoms with Gasteiger partial charge >= 0.3 is 0 Å². The van der Waals surface area contributed by atoms with Crippen LogP contribution in [-0.4, -0.2) is 30.0 Å². The van der Waals surface area contributed by atoms with Gasteiger partial charge in [0.2, 0.25) is 0 Å². The van der Waals surface area contributed by atoms with E-state index in [0.29, 0.717) is 23.1 Å². The zero-order valence-corrected chi connectivity index (χ0v) is 19.7. The Balaban J connectivity index is 1.40. The van der Waals surface area contributed by atoms with E-state index in [0.717, 1.165) is 43.0 Å². The molecule has 1 aromatic heterocycles. The Morgan fingerprint density at radius 3 is 2.72 bits per heavy atom. The summed E-state index contributed by atoms with van der Waals surface area (Å²) in [6.45, 7) is 3.33. The molecule has 11 heteroatoms. The van der Waals surface area contributed by atoms with Gasteiger partial charge in [-0.05, 0) is 48.8 Å². The topological polar surface area (TPSA) is 52.7 Å². The van der Waals surface area contributed by atoms with Gasteiger partial charge in [0.05, 0.1) is 5.51 Å². The lowest BCUT2D eigenvalue weighted by molar-refractivity contribution is 0.172. The van der Waals surface area contributed by atoms with Gasteiger partial charge in [0.1, 0.15) is 17.9 Å². The van der Waals surface area contributed by atoms with Gasteiger partial charge in [-0.1, -0.05) is 23.7 Å². The molecule has 1 fully saturated rings. The average Bonchev–Trinajstić information content (AvgIpc) is 3.23. The van der Waals surface area contributed by atoms with Crippen LogP contribution in [0.4, 0.5) is 26.0 Å². The van der Waals surface area contributed by atoms with Crippen molar-refractivity contribution in [2.45, 2.75) is 19.5 Å². The molecule has 0 atom stereocenters. The Morgan fingerprint density at radius 2 is 2.06 bits per heavy atom. The molecular formula is C21H22ClF2N5OS2. The second-order valence-corrected chi connectivity index (χ2v) is 9.27. The number of hydrogen-bond acceptors (Lipinski definition) is 8. The third kappa shape index (κ3) is 5.62. The molecule has 0 unspecified atom stereocenters. The SMILES string of the molecule is CN(SONc1cscn1)c1c(F)cc(NCc2c(Cl)cccc2CN2CCC2)cc1F. The monoisotopic (exact) mass is 497 g/mol. The molecule has 0 saturated carbocycles. The zero-order chi connectivity index (χ0) is 22.5. The van der Waals surface area contributed by atoms with Gasteiger partial charge in [-0.15, -0.1) is 11.3 Å². The van der Waals surface area contributed by atoms with Crippen LogP contribution in [0.5, 0.6) is 0 Å². The summed E-state index contributed by atoms with van der Waals surface area (Å²) in [5, 5.41) is 5.48. The smallest absolute Gasteiger partial charge is 0.161 e. The Bertz CT molecular complexity index is 1030. The predicted octanol–water partition coefficient (Wildman–Crippen LogP) is 5.94. The van der Waals surface area contributed by atoms with E-state index in [2.05, 4.69) is 20.7 Å². The lowest BCUT2D eigenvalue weighted by atomic mass is 10.0. The number of thiazole rings is 1. The molecular weight excluding hydrogens is 476 g/mol. The van der Waals surface area contributed by atoms with Crippen molar-refractivity contribution in [2.75, 3.05) is 35.2 Å². The molecule has 0 spiro atoms. The summed E-state index contributed by atoms with van der Waals surface area (Å²) in [7, 11) is 1.51. The summed E-state index contributed by atoms with van der Waals surface area (Å²) in [6, 6.07) is 8.31. The van der Waals surface area contributed by atoms with Crippen LogP contribution in [0.25, 0.3) is 0 Å². The Morgan fingerprint density at radius 1 is 1.28 bits per heavy atom. The zero-order valence-electron chi connectivity index (χ0n) is 17.3. The van der Waals surface area contributed by atoms with Gasteiger partial charge in [0.15, 0.2) is 17.5 Å². The second-order valence-electron chi connectivity index (χ2n) is 7.28. The highest BCUT2D eigenvalue weighted by atomic mass is 35.5. The van der Waals surface area contributed by atoms with Crippen molar-refractivity contribution in [3.05, 3.63) is 69.0 Å². The first-order chi connectivity index (χ1) is 15.5. The number of rotatable bonds is 10. The van der Waals surface area contributed by atoms with Crippen molar-refractivity contribution in [1.29, 1.82) is 0 Å². The molecule has 32 heavy (non-hydrogen) atoms. The minimum absolute atomic E-state index is 0.211. The molecule has 1 saturated heterocycles. The lowest BCUT2D eigenvalue weighted by Crippen LogP contribution is -2.36. The second kappa shape index (κ2) is 10.7. The normalized spacial score (nSPS) is 13.6. The molecule has 3 aromatic rings. The molecule has 4 rings (SSSR count). The van der Waals surface area contributed by atoms with Crippen LogP contribution in [0, 0.1) is 11.6 Å². The highest BCUT2D eigenvalue weighted by Gasteiger charge is 2.19. The minimum atomic E-state index is -0.709. The van der Waals surface area contributed by atoms with Gasteiger partial charge in [-0.2, -0.15) is 4.28 Å². The van der Waals surface area contributed by atoms with Crippen molar-refractivity contribution in [2.24, 2.45) is 0 Å². The van der Waals surface area contributed by atoms with Gasteiger partial charge in [0, 0.05) is 36.2 Å². The molecule has 0 radical (unpaired) electrons. The molecule has 6 nitrogen and oxygen atoms in total. The van der Waals surface area contributed by atoms with Crippen LogP contribution in [-0.2, 0) is 17.4 Å². The van der Waals surface area contributed by atoms with Crippen LogP contribution in [0.15, 0.2) is 41.2 Å². The first kappa shape index (κ1) is 23.1. The maximum absolute atomic E-state index is 14.7. The first-order valence-electron chi connectivity index (χ1n) is 9.94. The summed E-state index contributed by atoms with van der Waals surface area (Å²) in [5.74, 6) is -0.899. The van der Waals surface area contributed by atoms with Crippen molar-refractivity contribution in [3.8, 4) is 0 Å². The van der Waals surface area contributed by atoms with E-state index in [1.807, 2.05) is 18.2 Å². The summed E-state index contributed by atoms with van der Waals surface area (Å²) in [4.78, 5) is 6.33. The molecule has 1 aliphatic rings. The van der Waals surface area contributed by atoms with E-state index in [9.17, 15) is 8.78 Å². The summed E-state index contributed by atoms with van der Waals surface area (Å²) >= 11 is 8.57. The van der Waals surface area contributed by atoms with Crippen LogP contribution >= 0.6 is 35.2 Å². The van der Waals surface area contributed by atoms with E-state index >= 15 is 0 Å². The maximum Gasteiger partial charge on any atom is 0.161 e. The maximum atomic E-state index is 14.7. The Labute approximate surface area is 198 Å².